The van der Waals surface area contributed by atoms with Gasteiger partial charge in [-0.25, -0.2) is 13.2 Å². The molecule has 22 heavy (non-hydrogen) atoms. The lowest BCUT2D eigenvalue weighted by Crippen LogP contribution is -2.08. The Labute approximate surface area is 132 Å². The van der Waals surface area contributed by atoms with Gasteiger partial charge in [-0.15, -0.1) is 11.3 Å². The van der Waals surface area contributed by atoms with E-state index in [1.54, 1.807) is 29.5 Å². The van der Waals surface area contributed by atoms with Crippen LogP contribution in [0.4, 0.5) is 0 Å². The van der Waals surface area contributed by atoms with Crippen LogP contribution < -0.4 is 0 Å². The molecule has 0 atom stereocenters. The Morgan fingerprint density at radius 2 is 2.00 bits per heavy atom. The zero-order chi connectivity index (χ0) is 15.9. The third-order valence-electron chi connectivity index (χ3n) is 3.61. The van der Waals surface area contributed by atoms with Crippen LogP contribution in [0.15, 0.2) is 40.8 Å². The first-order valence-electron chi connectivity index (χ1n) is 6.74. The molecule has 0 spiro atoms. The van der Waals surface area contributed by atoms with Crippen molar-refractivity contribution < 1.29 is 18.3 Å². The van der Waals surface area contributed by atoms with Crippen molar-refractivity contribution in [2.75, 3.05) is 5.75 Å². The number of fused-ring (bicyclic) bond motifs is 1. The largest absolute Gasteiger partial charge is 0.478 e. The molecule has 0 unspecified atom stereocenters. The Kier molecular flexibility index (Phi) is 3.66. The van der Waals surface area contributed by atoms with Crippen molar-refractivity contribution in [2.24, 2.45) is 0 Å². The number of sulfone groups is 1. The second kappa shape index (κ2) is 5.37. The highest BCUT2D eigenvalue weighted by atomic mass is 32.2. The maximum absolute atomic E-state index is 12.3. The van der Waals surface area contributed by atoms with Gasteiger partial charge in [-0.2, -0.15) is 0 Å². The highest BCUT2D eigenvalue weighted by molar-refractivity contribution is 7.91. The predicted molar refractivity (Wildman–Crippen MR) is 86.8 cm³/mol. The Hall–Kier alpha value is -1.92. The number of rotatable bonds is 2. The van der Waals surface area contributed by atoms with Crippen molar-refractivity contribution in [3.8, 4) is 10.4 Å². The summed E-state index contributed by atoms with van der Waals surface area (Å²) in [5, 5.41) is 9.19. The molecule has 1 aliphatic heterocycles. The van der Waals surface area contributed by atoms with Gasteiger partial charge in [0.25, 0.3) is 0 Å². The molecule has 6 heteroatoms. The van der Waals surface area contributed by atoms with Gasteiger partial charge in [-0.05, 0) is 54.8 Å². The molecule has 0 saturated carbocycles. The van der Waals surface area contributed by atoms with Gasteiger partial charge in [0.05, 0.1) is 10.6 Å². The van der Waals surface area contributed by atoms with Crippen LogP contribution in [0.1, 0.15) is 16.9 Å². The summed E-state index contributed by atoms with van der Waals surface area (Å²) in [4.78, 5) is 13.6. The van der Waals surface area contributed by atoms with Gasteiger partial charge < -0.3 is 5.11 Å². The Bertz CT molecular complexity index is 889. The molecule has 114 valence electrons. The van der Waals surface area contributed by atoms with Crippen molar-refractivity contribution in [1.29, 1.82) is 0 Å². The van der Waals surface area contributed by atoms with E-state index in [9.17, 15) is 18.3 Å². The summed E-state index contributed by atoms with van der Waals surface area (Å²) in [7, 11) is -3.45. The standard InChI is InChI=1S/C16H14O4S2/c1-10-2-4-14(21-10)11-3-5-15-13(8-11)9-12(16(17)18)6-7-22(15,19)20/h2-5,8-9H,6-7H2,1H3,(H,17,18). The lowest BCUT2D eigenvalue weighted by Gasteiger charge is -2.07. The highest BCUT2D eigenvalue weighted by Gasteiger charge is 2.24. The summed E-state index contributed by atoms with van der Waals surface area (Å²) in [6.45, 7) is 2.00. The molecule has 0 aliphatic carbocycles. The smallest absolute Gasteiger partial charge is 0.331 e. The minimum atomic E-state index is -3.45. The number of thiophene rings is 1. The first-order chi connectivity index (χ1) is 10.4. The second-order valence-corrected chi connectivity index (χ2v) is 8.57. The van der Waals surface area contributed by atoms with Crippen LogP contribution in [0.25, 0.3) is 16.5 Å². The van der Waals surface area contributed by atoms with E-state index in [-0.39, 0.29) is 22.6 Å². The maximum atomic E-state index is 12.3. The van der Waals surface area contributed by atoms with Crippen molar-refractivity contribution in [2.45, 2.75) is 18.2 Å². The molecule has 4 nitrogen and oxygen atoms in total. The van der Waals surface area contributed by atoms with E-state index in [1.165, 1.54) is 11.0 Å². The molecule has 0 amide bonds. The summed E-state index contributed by atoms with van der Waals surface area (Å²) in [6.07, 6.45) is 1.51. The van der Waals surface area contributed by atoms with Crippen molar-refractivity contribution in [3.05, 3.63) is 46.3 Å². The Morgan fingerprint density at radius 3 is 2.64 bits per heavy atom. The first kappa shape index (κ1) is 15.0. The predicted octanol–water partition coefficient (Wildman–Crippen LogP) is 3.37. The van der Waals surface area contributed by atoms with Crippen LogP contribution in [0.2, 0.25) is 0 Å². The third kappa shape index (κ3) is 2.71. The number of aliphatic carboxylic acids is 1. The van der Waals surface area contributed by atoms with Gasteiger partial charge in [-0.3, -0.25) is 0 Å². The fourth-order valence-electron chi connectivity index (χ4n) is 2.47. The number of carbonyl (C=O) groups is 1. The molecule has 0 bridgehead atoms. The number of aryl methyl sites for hydroxylation is 1. The van der Waals surface area contributed by atoms with Crippen molar-refractivity contribution in [3.63, 3.8) is 0 Å². The molecule has 2 aromatic rings. The van der Waals surface area contributed by atoms with E-state index < -0.39 is 15.8 Å². The molecule has 0 fully saturated rings. The van der Waals surface area contributed by atoms with Crippen LogP contribution in [-0.2, 0) is 14.6 Å². The van der Waals surface area contributed by atoms with E-state index in [4.69, 9.17) is 0 Å². The van der Waals surface area contributed by atoms with Gasteiger partial charge in [0, 0.05) is 15.3 Å². The quantitative estimate of drug-likeness (QED) is 0.914. The van der Waals surface area contributed by atoms with Crippen LogP contribution in [0.5, 0.6) is 0 Å². The molecule has 1 N–H and O–H groups in total. The Balaban J connectivity index is 2.19. The molecular formula is C16H14O4S2. The normalized spacial score (nSPS) is 16.5. The molecule has 0 radical (unpaired) electrons. The third-order valence-corrected chi connectivity index (χ3v) is 6.45. The van der Waals surface area contributed by atoms with E-state index in [2.05, 4.69) is 0 Å². The highest BCUT2D eigenvalue weighted by Crippen LogP contribution is 2.33. The Morgan fingerprint density at radius 1 is 1.23 bits per heavy atom. The summed E-state index contributed by atoms with van der Waals surface area (Å²) < 4.78 is 24.6. The van der Waals surface area contributed by atoms with Crippen LogP contribution in [0, 0.1) is 6.92 Å². The van der Waals surface area contributed by atoms with Gasteiger partial charge in [0.2, 0.25) is 0 Å². The topological polar surface area (TPSA) is 71.4 Å². The maximum Gasteiger partial charge on any atom is 0.331 e. The number of benzene rings is 1. The summed E-state index contributed by atoms with van der Waals surface area (Å²) in [6, 6.07) is 9.10. The van der Waals surface area contributed by atoms with Gasteiger partial charge in [0.15, 0.2) is 9.84 Å². The van der Waals surface area contributed by atoms with Crippen LogP contribution in [-0.4, -0.2) is 25.2 Å². The van der Waals surface area contributed by atoms with Crippen LogP contribution in [0.3, 0.4) is 0 Å². The fraction of sp³-hybridized carbons (Fsp3) is 0.188. The minimum Gasteiger partial charge on any atom is -0.478 e. The lowest BCUT2D eigenvalue weighted by atomic mass is 10.1. The summed E-state index contributed by atoms with van der Waals surface area (Å²) >= 11 is 1.62. The average Bonchev–Trinajstić information content (AvgIpc) is 2.83. The zero-order valence-corrected chi connectivity index (χ0v) is 13.5. The minimum absolute atomic E-state index is 0.0276. The van der Waals surface area contributed by atoms with E-state index in [0.717, 1.165) is 10.4 Å². The molecule has 1 aromatic carbocycles. The number of hydrogen-bond acceptors (Lipinski definition) is 4. The van der Waals surface area contributed by atoms with Gasteiger partial charge in [0.1, 0.15) is 0 Å². The van der Waals surface area contributed by atoms with E-state index >= 15 is 0 Å². The molecular weight excluding hydrogens is 320 g/mol. The molecule has 2 heterocycles. The fourth-order valence-corrected chi connectivity index (χ4v) is 4.80. The summed E-state index contributed by atoms with van der Waals surface area (Å²) in [5.74, 6) is -1.24. The van der Waals surface area contributed by atoms with Gasteiger partial charge >= 0.3 is 5.97 Å². The van der Waals surface area contributed by atoms with Crippen molar-refractivity contribution >= 4 is 33.2 Å². The number of carboxylic acids is 1. The number of carboxylic acid groups (broad SMARTS) is 1. The number of hydrogen-bond donors (Lipinski definition) is 1. The average molecular weight is 334 g/mol. The molecule has 1 aliphatic rings. The SMILES string of the molecule is Cc1ccc(-c2ccc3c(c2)C=C(C(=O)O)CCS3(=O)=O)s1. The van der Waals surface area contributed by atoms with E-state index in [0.29, 0.717) is 5.56 Å². The van der Waals surface area contributed by atoms with Crippen LogP contribution >= 0.6 is 11.3 Å². The lowest BCUT2D eigenvalue weighted by molar-refractivity contribution is -0.132. The van der Waals surface area contributed by atoms with Gasteiger partial charge in [-0.1, -0.05) is 6.07 Å². The second-order valence-electron chi connectivity index (χ2n) is 5.21. The zero-order valence-electron chi connectivity index (χ0n) is 11.9. The molecule has 0 saturated heterocycles. The van der Waals surface area contributed by atoms with E-state index in [1.807, 2.05) is 19.1 Å². The first-order valence-corrected chi connectivity index (χ1v) is 9.21. The molecule has 1 aromatic heterocycles. The monoisotopic (exact) mass is 334 g/mol. The van der Waals surface area contributed by atoms with Crippen molar-refractivity contribution in [1.82, 2.24) is 0 Å². The summed E-state index contributed by atoms with van der Waals surface area (Å²) in [5.41, 5.74) is 1.48. The molecule has 3 rings (SSSR count).